The first-order valence-corrected chi connectivity index (χ1v) is 9.33. The minimum absolute atomic E-state index is 0. The molecule has 1 N–H and O–H groups in total. The van der Waals surface area contributed by atoms with Gasteiger partial charge in [0, 0.05) is 49.6 Å². The standard InChI is InChI=1S/C19H26ClN3O.HI/c1-21-18(23(2)12-13-6-3-4-7-15(13)20)22-16-14-8-11-24-17(14)19(16)9-5-10-19;/h3-4,6-7,14,16-17H,5,8-12H2,1-2H3,(H,21,22);1H. The Labute approximate surface area is 172 Å². The lowest BCUT2D eigenvalue weighted by Gasteiger charge is -2.63. The lowest BCUT2D eigenvalue weighted by atomic mass is 9.46. The van der Waals surface area contributed by atoms with Crippen molar-refractivity contribution in [3.05, 3.63) is 34.9 Å². The number of benzene rings is 1. The Morgan fingerprint density at radius 3 is 2.80 bits per heavy atom. The molecule has 1 aromatic rings. The van der Waals surface area contributed by atoms with E-state index in [1.165, 1.54) is 25.7 Å². The van der Waals surface area contributed by atoms with Gasteiger partial charge in [-0.1, -0.05) is 36.2 Å². The molecular formula is C19H27ClIN3O. The van der Waals surface area contributed by atoms with Crippen LogP contribution < -0.4 is 5.32 Å². The average Bonchev–Trinajstić information content (AvgIpc) is 2.94. The number of hydrogen-bond acceptors (Lipinski definition) is 2. The number of hydrogen-bond donors (Lipinski definition) is 1. The van der Waals surface area contributed by atoms with Gasteiger partial charge in [0.2, 0.25) is 0 Å². The Morgan fingerprint density at radius 1 is 1.40 bits per heavy atom. The van der Waals surface area contributed by atoms with E-state index in [2.05, 4.69) is 28.3 Å². The fourth-order valence-corrected chi connectivity index (χ4v) is 5.09. The zero-order valence-corrected chi connectivity index (χ0v) is 18.0. The molecule has 1 saturated heterocycles. The summed E-state index contributed by atoms with van der Waals surface area (Å²) in [4.78, 5) is 6.68. The van der Waals surface area contributed by atoms with E-state index in [1.807, 2.05) is 25.2 Å². The molecule has 6 heteroatoms. The van der Waals surface area contributed by atoms with Crippen LogP contribution in [-0.4, -0.2) is 43.7 Å². The van der Waals surface area contributed by atoms with Crippen LogP contribution in [0, 0.1) is 11.3 Å². The molecule has 3 atom stereocenters. The largest absolute Gasteiger partial charge is 0.377 e. The highest BCUT2D eigenvalue weighted by Crippen LogP contribution is 2.62. The number of halogens is 2. The van der Waals surface area contributed by atoms with Crippen molar-refractivity contribution in [3.8, 4) is 0 Å². The smallest absolute Gasteiger partial charge is 0.193 e. The van der Waals surface area contributed by atoms with Crippen molar-refractivity contribution in [1.82, 2.24) is 10.2 Å². The lowest BCUT2D eigenvalue weighted by molar-refractivity contribution is -0.171. The third-order valence-electron chi connectivity index (χ3n) is 6.26. The topological polar surface area (TPSA) is 36.9 Å². The molecule has 1 aromatic carbocycles. The van der Waals surface area contributed by atoms with E-state index in [4.69, 9.17) is 16.3 Å². The van der Waals surface area contributed by atoms with Crippen molar-refractivity contribution in [2.75, 3.05) is 20.7 Å². The first-order valence-electron chi connectivity index (χ1n) is 8.95. The maximum absolute atomic E-state index is 6.31. The molecule has 3 unspecified atom stereocenters. The van der Waals surface area contributed by atoms with E-state index >= 15 is 0 Å². The quantitative estimate of drug-likeness (QED) is 0.409. The van der Waals surface area contributed by atoms with Gasteiger partial charge in [-0.15, -0.1) is 24.0 Å². The Kier molecular flexibility index (Phi) is 5.85. The highest BCUT2D eigenvalue weighted by molar-refractivity contribution is 14.0. The van der Waals surface area contributed by atoms with Crippen molar-refractivity contribution in [2.24, 2.45) is 16.3 Å². The van der Waals surface area contributed by atoms with Crippen LogP contribution in [0.25, 0.3) is 0 Å². The van der Waals surface area contributed by atoms with E-state index in [1.54, 1.807) is 0 Å². The highest BCUT2D eigenvalue weighted by atomic mass is 127. The maximum Gasteiger partial charge on any atom is 0.193 e. The summed E-state index contributed by atoms with van der Waals surface area (Å²) in [5.41, 5.74) is 1.49. The molecule has 2 saturated carbocycles. The molecule has 2 aliphatic carbocycles. The van der Waals surface area contributed by atoms with Gasteiger partial charge in [-0.25, -0.2) is 0 Å². The summed E-state index contributed by atoms with van der Waals surface area (Å²) in [5, 5.41) is 4.57. The van der Waals surface area contributed by atoms with Crippen LogP contribution in [0.1, 0.15) is 31.2 Å². The summed E-state index contributed by atoms with van der Waals surface area (Å²) in [6, 6.07) is 8.51. The van der Waals surface area contributed by atoms with Crippen LogP contribution >= 0.6 is 35.6 Å². The van der Waals surface area contributed by atoms with Gasteiger partial charge < -0.3 is 15.0 Å². The van der Waals surface area contributed by atoms with Crippen molar-refractivity contribution >= 4 is 41.5 Å². The van der Waals surface area contributed by atoms with Crippen molar-refractivity contribution in [3.63, 3.8) is 0 Å². The third-order valence-corrected chi connectivity index (χ3v) is 6.63. The first-order chi connectivity index (χ1) is 11.7. The van der Waals surface area contributed by atoms with Crippen LogP contribution in [0.15, 0.2) is 29.3 Å². The fourth-order valence-electron chi connectivity index (χ4n) is 4.90. The number of aliphatic imine (C=N–C) groups is 1. The highest BCUT2D eigenvalue weighted by Gasteiger charge is 2.66. The third kappa shape index (κ3) is 3.16. The molecule has 25 heavy (non-hydrogen) atoms. The lowest BCUT2D eigenvalue weighted by Crippen LogP contribution is -2.72. The summed E-state index contributed by atoms with van der Waals surface area (Å²) in [6.45, 7) is 1.67. The number of ether oxygens (including phenoxy) is 1. The van der Waals surface area contributed by atoms with Crippen molar-refractivity contribution in [1.29, 1.82) is 0 Å². The monoisotopic (exact) mass is 475 g/mol. The normalized spacial score (nSPS) is 29.2. The molecule has 1 spiro atoms. The van der Waals surface area contributed by atoms with Gasteiger partial charge in [0.05, 0.1) is 6.10 Å². The first kappa shape index (κ1) is 19.2. The Morgan fingerprint density at radius 2 is 2.16 bits per heavy atom. The van der Waals surface area contributed by atoms with Gasteiger partial charge in [0.15, 0.2) is 5.96 Å². The van der Waals surface area contributed by atoms with Crippen LogP contribution in [-0.2, 0) is 11.3 Å². The van der Waals surface area contributed by atoms with E-state index < -0.39 is 0 Å². The molecule has 138 valence electrons. The molecule has 4 rings (SSSR count). The average molecular weight is 476 g/mol. The summed E-state index contributed by atoms with van der Waals surface area (Å²) in [7, 11) is 3.94. The molecule has 0 aromatic heterocycles. The summed E-state index contributed by atoms with van der Waals surface area (Å²) >= 11 is 6.31. The summed E-state index contributed by atoms with van der Waals surface area (Å²) in [6.07, 6.45) is 5.57. The molecule has 1 heterocycles. The molecule has 3 aliphatic rings. The van der Waals surface area contributed by atoms with Gasteiger partial charge in [-0.05, 0) is 30.9 Å². The molecule has 0 bridgehead atoms. The molecule has 0 radical (unpaired) electrons. The second-order valence-corrected chi connectivity index (χ2v) is 7.85. The van der Waals surface area contributed by atoms with E-state index in [-0.39, 0.29) is 24.0 Å². The molecule has 0 amide bonds. The van der Waals surface area contributed by atoms with Gasteiger partial charge in [-0.3, -0.25) is 4.99 Å². The zero-order valence-electron chi connectivity index (χ0n) is 14.9. The van der Waals surface area contributed by atoms with E-state index in [9.17, 15) is 0 Å². The van der Waals surface area contributed by atoms with Crippen LogP contribution in [0.5, 0.6) is 0 Å². The van der Waals surface area contributed by atoms with E-state index in [0.29, 0.717) is 23.5 Å². The Balaban J connectivity index is 0.00000182. The molecule has 4 nitrogen and oxygen atoms in total. The fraction of sp³-hybridized carbons (Fsp3) is 0.632. The number of fused-ring (bicyclic) bond motifs is 2. The zero-order chi connectivity index (χ0) is 16.7. The Hall–Kier alpha value is -0.530. The summed E-state index contributed by atoms with van der Waals surface area (Å²) in [5.74, 6) is 1.60. The van der Waals surface area contributed by atoms with Gasteiger partial charge in [0.1, 0.15) is 0 Å². The molecular weight excluding hydrogens is 449 g/mol. The van der Waals surface area contributed by atoms with Crippen molar-refractivity contribution in [2.45, 2.75) is 44.4 Å². The predicted molar refractivity (Wildman–Crippen MR) is 113 cm³/mol. The van der Waals surface area contributed by atoms with Crippen LogP contribution in [0.2, 0.25) is 5.02 Å². The second-order valence-electron chi connectivity index (χ2n) is 7.45. The number of nitrogens with one attached hydrogen (secondary N) is 1. The van der Waals surface area contributed by atoms with Gasteiger partial charge >= 0.3 is 0 Å². The summed E-state index contributed by atoms with van der Waals surface area (Å²) < 4.78 is 6.02. The van der Waals surface area contributed by atoms with Gasteiger partial charge in [0.25, 0.3) is 0 Å². The van der Waals surface area contributed by atoms with Crippen molar-refractivity contribution < 1.29 is 4.74 Å². The number of nitrogens with zero attached hydrogens (tertiary/aromatic N) is 2. The minimum atomic E-state index is 0. The number of rotatable bonds is 3. The van der Waals surface area contributed by atoms with E-state index in [0.717, 1.165) is 29.7 Å². The maximum atomic E-state index is 6.31. The molecule has 3 fully saturated rings. The molecule has 1 aliphatic heterocycles. The second kappa shape index (κ2) is 7.61. The van der Waals surface area contributed by atoms with Gasteiger partial charge in [-0.2, -0.15) is 0 Å². The minimum Gasteiger partial charge on any atom is -0.377 e. The predicted octanol–water partition coefficient (Wildman–Crippen LogP) is 3.92. The number of guanidine groups is 1. The van der Waals surface area contributed by atoms with Crippen LogP contribution in [0.3, 0.4) is 0 Å². The Bertz CT molecular complexity index is 649. The van der Waals surface area contributed by atoms with Crippen LogP contribution in [0.4, 0.5) is 0 Å². The SMILES string of the molecule is CN=C(NC1C2CCOC2C12CCC2)N(C)Cc1ccccc1Cl.I.